The van der Waals surface area contributed by atoms with Gasteiger partial charge in [0.1, 0.15) is 0 Å². The summed E-state index contributed by atoms with van der Waals surface area (Å²) in [5.74, 6) is 2.32. The van der Waals surface area contributed by atoms with E-state index in [1.54, 1.807) is 0 Å². The average Bonchev–Trinajstić information content (AvgIpc) is 2.60. The summed E-state index contributed by atoms with van der Waals surface area (Å²) < 4.78 is 0. The van der Waals surface area contributed by atoms with Gasteiger partial charge in [0, 0.05) is 43.6 Å². The lowest BCUT2D eigenvalue weighted by atomic mass is 10.1. The Balaban J connectivity index is 1.73. The molecule has 128 valence electrons. The van der Waals surface area contributed by atoms with Crippen LogP contribution in [0.5, 0.6) is 0 Å². The number of nitrogens with zero attached hydrogens (tertiary/aromatic N) is 1. The van der Waals surface area contributed by atoms with E-state index < -0.39 is 0 Å². The molecule has 0 spiro atoms. The van der Waals surface area contributed by atoms with Crippen LogP contribution < -0.4 is 10.6 Å². The zero-order valence-corrected chi connectivity index (χ0v) is 15.1. The Hall–Kier alpha value is -1.04. The second kappa shape index (κ2) is 9.96. The average molecular weight is 336 g/mol. The highest BCUT2D eigenvalue weighted by Gasteiger charge is 2.16. The Morgan fingerprint density at radius 3 is 2.57 bits per heavy atom. The number of hydrogen-bond acceptors (Lipinski definition) is 4. The molecular formula is C18H29N3OS. The van der Waals surface area contributed by atoms with Crippen molar-refractivity contribution in [1.29, 1.82) is 0 Å². The Morgan fingerprint density at radius 1 is 1.26 bits per heavy atom. The molecule has 1 saturated heterocycles. The van der Waals surface area contributed by atoms with Crippen LogP contribution in [0.25, 0.3) is 0 Å². The molecule has 0 radical (unpaired) electrons. The lowest BCUT2D eigenvalue weighted by Crippen LogP contribution is -2.41. The fourth-order valence-electron chi connectivity index (χ4n) is 2.72. The summed E-state index contributed by atoms with van der Waals surface area (Å²) in [4.78, 5) is 14.4. The number of carbonyl (C=O) groups is 1. The lowest BCUT2D eigenvalue weighted by molar-refractivity contribution is -0.121. The smallest absolute Gasteiger partial charge is 0.221 e. The van der Waals surface area contributed by atoms with Crippen molar-refractivity contribution in [3.05, 3.63) is 35.4 Å². The summed E-state index contributed by atoms with van der Waals surface area (Å²) in [5.41, 5.74) is 2.49. The summed E-state index contributed by atoms with van der Waals surface area (Å²) in [5, 5.41) is 6.43. The Labute approximate surface area is 144 Å². The molecule has 1 unspecified atom stereocenters. The Kier molecular flexibility index (Phi) is 7.92. The maximum absolute atomic E-state index is 12.0. The highest BCUT2D eigenvalue weighted by atomic mass is 32.2. The Bertz CT molecular complexity index is 468. The van der Waals surface area contributed by atoms with Gasteiger partial charge in [0.05, 0.1) is 0 Å². The van der Waals surface area contributed by atoms with Gasteiger partial charge in [-0.15, -0.1) is 0 Å². The maximum Gasteiger partial charge on any atom is 0.221 e. The normalized spacial score (nSPS) is 18.1. The van der Waals surface area contributed by atoms with Crippen LogP contribution in [0.2, 0.25) is 0 Å². The molecule has 1 heterocycles. The van der Waals surface area contributed by atoms with E-state index in [1.807, 2.05) is 11.8 Å². The third-order valence-electron chi connectivity index (χ3n) is 4.24. The van der Waals surface area contributed by atoms with Crippen molar-refractivity contribution in [3.8, 4) is 0 Å². The minimum absolute atomic E-state index is 0.136. The molecule has 4 nitrogen and oxygen atoms in total. The third-order valence-corrected chi connectivity index (χ3v) is 5.37. The predicted molar refractivity (Wildman–Crippen MR) is 98.6 cm³/mol. The SMILES string of the molecule is CCN(CC)Cc1ccc(CNC(=O)CC2CSCCN2)cc1. The molecule has 1 fully saturated rings. The van der Waals surface area contributed by atoms with Crippen LogP contribution in [0.15, 0.2) is 24.3 Å². The van der Waals surface area contributed by atoms with Gasteiger partial charge >= 0.3 is 0 Å². The molecule has 0 aromatic heterocycles. The minimum atomic E-state index is 0.136. The number of carbonyl (C=O) groups excluding carboxylic acids is 1. The molecule has 1 aromatic carbocycles. The number of hydrogen-bond donors (Lipinski definition) is 2. The van der Waals surface area contributed by atoms with Gasteiger partial charge in [-0.05, 0) is 24.2 Å². The predicted octanol–water partition coefficient (Wildman–Crippen LogP) is 2.24. The second-order valence-corrected chi connectivity index (χ2v) is 7.13. The van der Waals surface area contributed by atoms with Crippen molar-refractivity contribution in [3.63, 3.8) is 0 Å². The number of benzene rings is 1. The highest BCUT2D eigenvalue weighted by Crippen LogP contribution is 2.11. The molecule has 5 heteroatoms. The van der Waals surface area contributed by atoms with Gasteiger partial charge in [-0.2, -0.15) is 11.8 Å². The van der Waals surface area contributed by atoms with Crippen molar-refractivity contribution >= 4 is 17.7 Å². The van der Waals surface area contributed by atoms with Crippen molar-refractivity contribution in [2.75, 3.05) is 31.1 Å². The van der Waals surface area contributed by atoms with E-state index in [9.17, 15) is 4.79 Å². The minimum Gasteiger partial charge on any atom is -0.352 e. The van der Waals surface area contributed by atoms with E-state index in [1.165, 1.54) is 5.56 Å². The molecule has 1 atom stereocenters. The molecule has 23 heavy (non-hydrogen) atoms. The molecular weight excluding hydrogens is 306 g/mol. The van der Waals surface area contributed by atoms with Crippen LogP contribution in [0.4, 0.5) is 0 Å². The number of nitrogens with one attached hydrogen (secondary N) is 2. The van der Waals surface area contributed by atoms with Crippen molar-refractivity contribution in [2.45, 2.75) is 39.4 Å². The number of amides is 1. The van der Waals surface area contributed by atoms with Gasteiger partial charge in [0.2, 0.25) is 5.91 Å². The summed E-state index contributed by atoms with van der Waals surface area (Å²) in [6.45, 7) is 9.13. The van der Waals surface area contributed by atoms with Crippen LogP contribution in [0, 0.1) is 0 Å². The van der Waals surface area contributed by atoms with E-state index in [4.69, 9.17) is 0 Å². The number of thioether (sulfide) groups is 1. The molecule has 2 rings (SSSR count). The van der Waals surface area contributed by atoms with E-state index in [-0.39, 0.29) is 5.91 Å². The van der Waals surface area contributed by atoms with Gasteiger partial charge in [-0.3, -0.25) is 9.69 Å². The van der Waals surface area contributed by atoms with Crippen LogP contribution in [0.1, 0.15) is 31.4 Å². The van der Waals surface area contributed by atoms with Gasteiger partial charge in [0.25, 0.3) is 0 Å². The van der Waals surface area contributed by atoms with E-state index in [0.717, 1.165) is 43.2 Å². The molecule has 2 N–H and O–H groups in total. The zero-order valence-electron chi connectivity index (χ0n) is 14.3. The van der Waals surface area contributed by atoms with Crippen LogP contribution in [0.3, 0.4) is 0 Å². The molecule has 1 aliphatic heterocycles. The summed E-state index contributed by atoms with van der Waals surface area (Å²) in [6.07, 6.45) is 0.576. The fraction of sp³-hybridized carbons (Fsp3) is 0.611. The number of rotatable bonds is 8. The fourth-order valence-corrected chi connectivity index (χ4v) is 3.66. The van der Waals surface area contributed by atoms with E-state index >= 15 is 0 Å². The zero-order chi connectivity index (χ0) is 16.5. The topological polar surface area (TPSA) is 44.4 Å². The van der Waals surface area contributed by atoms with Crippen molar-refractivity contribution in [1.82, 2.24) is 15.5 Å². The summed E-state index contributed by atoms with van der Waals surface area (Å²) >= 11 is 1.92. The van der Waals surface area contributed by atoms with Crippen molar-refractivity contribution in [2.24, 2.45) is 0 Å². The van der Waals surface area contributed by atoms with Gasteiger partial charge < -0.3 is 10.6 Å². The molecule has 1 amide bonds. The van der Waals surface area contributed by atoms with Gasteiger partial charge in [0.15, 0.2) is 0 Å². The van der Waals surface area contributed by atoms with Crippen molar-refractivity contribution < 1.29 is 4.79 Å². The molecule has 0 saturated carbocycles. The third kappa shape index (κ3) is 6.53. The maximum atomic E-state index is 12.0. The first-order valence-electron chi connectivity index (χ1n) is 8.59. The van der Waals surface area contributed by atoms with Gasteiger partial charge in [-0.1, -0.05) is 38.1 Å². The first kappa shape index (κ1) is 18.3. The molecule has 1 aromatic rings. The quantitative estimate of drug-likeness (QED) is 0.765. The first-order chi connectivity index (χ1) is 11.2. The van der Waals surface area contributed by atoms with Crippen LogP contribution >= 0.6 is 11.8 Å². The Morgan fingerprint density at radius 2 is 1.96 bits per heavy atom. The molecule has 1 aliphatic rings. The van der Waals surface area contributed by atoms with E-state index in [2.05, 4.69) is 53.6 Å². The second-order valence-electron chi connectivity index (χ2n) is 5.98. The molecule has 0 bridgehead atoms. The summed E-state index contributed by atoms with van der Waals surface area (Å²) in [7, 11) is 0. The van der Waals surface area contributed by atoms with Crippen LogP contribution in [-0.4, -0.2) is 48.0 Å². The monoisotopic (exact) mass is 335 g/mol. The summed E-state index contributed by atoms with van der Waals surface area (Å²) in [6, 6.07) is 8.89. The lowest BCUT2D eigenvalue weighted by Gasteiger charge is -2.22. The largest absolute Gasteiger partial charge is 0.352 e. The van der Waals surface area contributed by atoms with Crippen LogP contribution in [-0.2, 0) is 17.9 Å². The standard InChI is InChI=1S/C18H29N3OS/c1-3-21(4-2)13-16-7-5-15(6-8-16)12-20-18(22)11-17-14-23-10-9-19-17/h5-8,17,19H,3-4,9-14H2,1-2H3,(H,20,22). The van der Waals surface area contributed by atoms with E-state index in [0.29, 0.717) is 19.0 Å². The van der Waals surface area contributed by atoms with Gasteiger partial charge in [-0.25, -0.2) is 0 Å². The highest BCUT2D eigenvalue weighted by molar-refractivity contribution is 7.99. The molecule has 0 aliphatic carbocycles. The first-order valence-corrected chi connectivity index (χ1v) is 9.74.